The minimum absolute atomic E-state index is 0.205. The van der Waals surface area contributed by atoms with Crippen molar-refractivity contribution in [3.63, 3.8) is 0 Å². The number of aromatic carboxylic acids is 1. The van der Waals surface area contributed by atoms with Gasteiger partial charge in [-0.15, -0.1) is 0 Å². The molecule has 6 heteroatoms. The van der Waals surface area contributed by atoms with Crippen molar-refractivity contribution in [2.45, 2.75) is 38.6 Å². The van der Waals surface area contributed by atoms with Crippen LogP contribution in [0.5, 0.6) is 0 Å². The quantitative estimate of drug-likeness (QED) is 0.935. The first-order valence-corrected chi connectivity index (χ1v) is 7.39. The van der Waals surface area contributed by atoms with E-state index in [1.807, 2.05) is 0 Å². The second-order valence-corrected chi connectivity index (χ2v) is 5.87. The molecule has 3 heterocycles. The molecule has 1 fully saturated rings. The summed E-state index contributed by atoms with van der Waals surface area (Å²) in [5.74, 6) is 0.128. The predicted octanol–water partition coefficient (Wildman–Crippen LogP) is 2.02. The minimum Gasteiger partial charge on any atom is -0.478 e. The smallest absolute Gasteiger partial charge is 0.339 e. The third kappa shape index (κ3) is 2.63. The van der Waals surface area contributed by atoms with E-state index < -0.39 is 5.97 Å². The summed E-state index contributed by atoms with van der Waals surface area (Å²) < 4.78 is 1.58. The molecule has 112 valence electrons. The summed E-state index contributed by atoms with van der Waals surface area (Å²) >= 11 is 0. The van der Waals surface area contributed by atoms with Crippen molar-refractivity contribution in [1.29, 1.82) is 0 Å². The fourth-order valence-electron chi connectivity index (χ4n) is 2.94. The molecule has 0 bridgehead atoms. The number of hydrogen-bond donors (Lipinski definition) is 1. The van der Waals surface area contributed by atoms with Crippen LogP contribution >= 0.6 is 0 Å². The van der Waals surface area contributed by atoms with Gasteiger partial charge >= 0.3 is 5.97 Å². The first kappa shape index (κ1) is 14.0. The van der Waals surface area contributed by atoms with Gasteiger partial charge < -0.3 is 10.0 Å². The summed E-state index contributed by atoms with van der Waals surface area (Å²) in [6.45, 7) is 6.51. The highest BCUT2D eigenvalue weighted by molar-refractivity contribution is 5.94. The maximum Gasteiger partial charge on any atom is 0.339 e. The average Bonchev–Trinajstić information content (AvgIpc) is 2.90. The van der Waals surface area contributed by atoms with E-state index in [0.717, 1.165) is 31.8 Å². The normalized spacial score (nSPS) is 17.7. The number of nitrogens with zero attached hydrogens (tertiary/aromatic N) is 4. The van der Waals surface area contributed by atoms with Crippen molar-refractivity contribution < 1.29 is 9.90 Å². The van der Waals surface area contributed by atoms with Crippen molar-refractivity contribution in [3.8, 4) is 0 Å². The summed E-state index contributed by atoms with van der Waals surface area (Å²) in [4.78, 5) is 18.2. The lowest BCUT2D eigenvalue weighted by molar-refractivity contribution is 0.0698. The number of hydrogen-bond acceptors (Lipinski definition) is 4. The van der Waals surface area contributed by atoms with Crippen LogP contribution in [-0.4, -0.2) is 49.7 Å². The Morgan fingerprint density at radius 3 is 2.71 bits per heavy atom. The number of piperidine rings is 1. The van der Waals surface area contributed by atoms with Gasteiger partial charge in [0, 0.05) is 18.2 Å². The molecule has 0 radical (unpaired) electrons. The summed E-state index contributed by atoms with van der Waals surface area (Å²) in [6.07, 6.45) is 3.80. The van der Waals surface area contributed by atoms with Gasteiger partial charge in [0.2, 0.25) is 0 Å². The maximum absolute atomic E-state index is 11.2. The number of likely N-dealkylation sites (tertiary alicyclic amines) is 1. The zero-order chi connectivity index (χ0) is 15.0. The van der Waals surface area contributed by atoms with Crippen molar-refractivity contribution in [1.82, 2.24) is 19.5 Å². The van der Waals surface area contributed by atoms with Gasteiger partial charge in [0.15, 0.2) is 11.5 Å². The van der Waals surface area contributed by atoms with E-state index in [0.29, 0.717) is 17.6 Å². The Kier molecular flexibility index (Phi) is 3.63. The van der Waals surface area contributed by atoms with E-state index in [1.54, 1.807) is 22.8 Å². The zero-order valence-corrected chi connectivity index (χ0v) is 12.4. The SMILES string of the molecule is CC(C)N1CCC(c2nc3c(C(=O)O)cccn3n2)CC1. The Balaban J connectivity index is 1.86. The molecule has 0 unspecified atom stereocenters. The van der Waals surface area contributed by atoms with Crippen molar-refractivity contribution in [2.75, 3.05) is 13.1 Å². The largest absolute Gasteiger partial charge is 0.478 e. The lowest BCUT2D eigenvalue weighted by atomic mass is 9.95. The van der Waals surface area contributed by atoms with E-state index in [2.05, 4.69) is 28.8 Å². The Morgan fingerprint density at radius 1 is 1.38 bits per heavy atom. The molecular weight excluding hydrogens is 268 g/mol. The minimum atomic E-state index is -0.964. The highest BCUT2D eigenvalue weighted by Gasteiger charge is 2.25. The first-order valence-electron chi connectivity index (χ1n) is 7.39. The van der Waals surface area contributed by atoms with Gasteiger partial charge in [0.25, 0.3) is 0 Å². The molecular formula is C15H20N4O2. The Bertz CT molecular complexity index is 657. The molecule has 0 aliphatic carbocycles. The van der Waals surface area contributed by atoms with Gasteiger partial charge in [-0.2, -0.15) is 5.10 Å². The van der Waals surface area contributed by atoms with Crippen LogP contribution in [0.2, 0.25) is 0 Å². The van der Waals surface area contributed by atoms with Crippen molar-refractivity contribution >= 4 is 11.6 Å². The van der Waals surface area contributed by atoms with Gasteiger partial charge in [0.1, 0.15) is 5.56 Å². The molecule has 1 aliphatic heterocycles. The molecule has 0 amide bonds. The fraction of sp³-hybridized carbons (Fsp3) is 0.533. The Hall–Kier alpha value is -1.95. The van der Waals surface area contributed by atoms with Crippen LogP contribution in [0.1, 0.15) is 48.8 Å². The number of aromatic nitrogens is 3. The Labute approximate surface area is 123 Å². The lowest BCUT2D eigenvalue weighted by Crippen LogP contribution is -2.38. The van der Waals surface area contributed by atoms with E-state index >= 15 is 0 Å². The van der Waals surface area contributed by atoms with Gasteiger partial charge in [-0.25, -0.2) is 14.3 Å². The number of fused-ring (bicyclic) bond motifs is 1. The molecule has 0 atom stereocenters. The second kappa shape index (κ2) is 5.44. The third-order valence-corrected chi connectivity index (χ3v) is 4.23. The highest BCUT2D eigenvalue weighted by Crippen LogP contribution is 2.27. The standard InChI is InChI=1S/C15H20N4O2/c1-10(2)18-8-5-11(6-9-18)13-16-14-12(15(20)21)4-3-7-19(14)17-13/h3-4,7,10-11H,5-6,8-9H2,1-2H3,(H,20,21). The van der Waals surface area contributed by atoms with Crippen LogP contribution in [0, 0.1) is 0 Å². The van der Waals surface area contributed by atoms with E-state index in [9.17, 15) is 9.90 Å². The molecule has 2 aromatic rings. The topological polar surface area (TPSA) is 70.7 Å². The monoisotopic (exact) mass is 288 g/mol. The van der Waals surface area contributed by atoms with E-state index in [-0.39, 0.29) is 5.56 Å². The van der Waals surface area contributed by atoms with Crippen LogP contribution < -0.4 is 0 Å². The molecule has 1 N–H and O–H groups in total. The lowest BCUT2D eigenvalue weighted by Gasteiger charge is -2.33. The molecule has 0 saturated carbocycles. The van der Waals surface area contributed by atoms with E-state index in [1.165, 1.54) is 0 Å². The van der Waals surface area contributed by atoms with Gasteiger partial charge in [-0.3, -0.25) is 0 Å². The number of carbonyl (C=O) groups is 1. The number of rotatable bonds is 3. The zero-order valence-electron chi connectivity index (χ0n) is 12.4. The average molecular weight is 288 g/mol. The van der Waals surface area contributed by atoms with E-state index in [4.69, 9.17) is 0 Å². The van der Waals surface area contributed by atoms with Crippen LogP contribution in [-0.2, 0) is 0 Å². The first-order chi connectivity index (χ1) is 10.1. The summed E-state index contributed by atoms with van der Waals surface area (Å²) in [5, 5.41) is 13.7. The second-order valence-electron chi connectivity index (χ2n) is 5.87. The Morgan fingerprint density at radius 2 is 2.10 bits per heavy atom. The van der Waals surface area contributed by atoms with Crippen molar-refractivity contribution in [3.05, 3.63) is 29.7 Å². The summed E-state index contributed by atoms with van der Waals surface area (Å²) in [7, 11) is 0. The fourth-order valence-corrected chi connectivity index (χ4v) is 2.94. The molecule has 0 aromatic carbocycles. The summed E-state index contributed by atoms with van der Waals surface area (Å²) in [6, 6.07) is 3.83. The van der Waals surface area contributed by atoms with Crippen LogP contribution in [0.3, 0.4) is 0 Å². The van der Waals surface area contributed by atoms with Gasteiger partial charge in [0.05, 0.1) is 0 Å². The van der Waals surface area contributed by atoms with Crippen LogP contribution in [0.15, 0.2) is 18.3 Å². The molecule has 2 aromatic heterocycles. The molecule has 1 saturated heterocycles. The molecule has 21 heavy (non-hydrogen) atoms. The number of pyridine rings is 1. The maximum atomic E-state index is 11.2. The van der Waals surface area contributed by atoms with Gasteiger partial charge in [-0.05, 0) is 51.9 Å². The number of carboxylic acids is 1. The summed E-state index contributed by atoms with van der Waals surface area (Å²) in [5.41, 5.74) is 0.641. The van der Waals surface area contributed by atoms with Crippen LogP contribution in [0.25, 0.3) is 5.65 Å². The third-order valence-electron chi connectivity index (χ3n) is 4.23. The van der Waals surface area contributed by atoms with Crippen molar-refractivity contribution in [2.24, 2.45) is 0 Å². The van der Waals surface area contributed by atoms with Crippen LogP contribution in [0.4, 0.5) is 0 Å². The molecule has 6 nitrogen and oxygen atoms in total. The molecule has 3 rings (SSSR count). The van der Waals surface area contributed by atoms with Gasteiger partial charge in [-0.1, -0.05) is 0 Å². The molecule has 1 aliphatic rings. The highest BCUT2D eigenvalue weighted by atomic mass is 16.4. The predicted molar refractivity (Wildman–Crippen MR) is 78.6 cm³/mol. The number of carboxylic acid groups (broad SMARTS) is 1. The molecule has 0 spiro atoms.